The number of hydrogen-bond acceptors (Lipinski definition) is 3. The highest BCUT2D eigenvalue weighted by molar-refractivity contribution is 5.36. The first-order valence-electron chi connectivity index (χ1n) is 8.44. The standard InChI is InChI=1S/C18H32N2O/c1-5-13-20(14-6-2)15-17(19-7-3)16-11-9-10-12-18(16)21-8-4/h9-12,17,19H,5-8,13-15H2,1-4H3. The molecule has 1 rings (SSSR count). The second-order valence-electron chi connectivity index (χ2n) is 5.38. The molecule has 0 aliphatic heterocycles. The van der Waals surface area contributed by atoms with Gasteiger partial charge in [-0.1, -0.05) is 39.0 Å². The quantitative estimate of drug-likeness (QED) is 0.670. The first-order chi connectivity index (χ1) is 10.3. The van der Waals surface area contributed by atoms with Crippen LogP contribution < -0.4 is 10.1 Å². The molecule has 0 aliphatic rings. The lowest BCUT2D eigenvalue weighted by atomic mass is 10.0. The van der Waals surface area contributed by atoms with Gasteiger partial charge in [-0.15, -0.1) is 0 Å². The van der Waals surface area contributed by atoms with Crippen molar-refractivity contribution in [2.24, 2.45) is 0 Å². The summed E-state index contributed by atoms with van der Waals surface area (Å²) in [5.41, 5.74) is 1.28. The van der Waals surface area contributed by atoms with Gasteiger partial charge in [-0.3, -0.25) is 0 Å². The maximum Gasteiger partial charge on any atom is 0.124 e. The molecule has 1 atom stereocenters. The van der Waals surface area contributed by atoms with E-state index in [1.165, 1.54) is 18.4 Å². The summed E-state index contributed by atoms with van der Waals surface area (Å²) < 4.78 is 5.81. The van der Waals surface area contributed by atoms with Gasteiger partial charge in [0.05, 0.1) is 6.61 Å². The van der Waals surface area contributed by atoms with Crippen LogP contribution in [0.15, 0.2) is 24.3 Å². The topological polar surface area (TPSA) is 24.5 Å². The van der Waals surface area contributed by atoms with Crippen LogP contribution >= 0.6 is 0 Å². The van der Waals surface area contributed by atoms with Crippen molar-refractivity contribution in [3.05, 3.63) is 29.8 Å². The molecule has 0 bridgehead atoms. The van der Waals surface area contributed by atoms with Crippen molar-refractivity contribution in [3.8, 4) is 5.75 Å². The number of likely N-dealkylation sites (N-methyl/N-ethyl adjacent to an activating group) is 1. The van der Waals surface area contributed by atoms with Crippen LogP contribution in [-0.2, 0) is 0 Å². The fraction of sp³-hybridized carbons (Fsp3) is 0.667. The highest BCUT2D eigenvalue weighted by Crippen LogP contribution is 2.26. The van der Waals surface area contributed by atoms with Crippen LogP contribution in [0.4, 0.5) is 0 Å². The second kappa shape index (κ2) is 10.6. The molecular formula is C18H32N2O. The molecule has 0 heterocycles. The molecular weight excluding hydrogens is 260 g/mol. The molecule has 0 aliphatic carbocycles. The Morgan fingerprint density at radius 3 is 2.29 bits per heavy atom. The summed E-state index contributed by atoms with van der Waals surface area (Å²) in [6.07, 6.45) is 2.40. The van der Waals surface area contributed by atoms with Crippen LogP contribution in [-0.4, -0.2) is 37.7 Å². The number of para-hydroxylation sites is 1. The molecule has 0 saturated heterocycles. The van der Waals surface area contributed by atoms with E-state index in [1.54, 1.807) is 0 Å². The average Bonchev–Trinajstić information content (AvgIpc) is 2.48. The van der Waals surface area contributed by atoms with E-state index in [1.807, 2.05) is 13.0 Å². The Kier molecular flexibility index (Phi) is 9.11. The number of rotatable bonds is 11. The minimum Gasteiger partial charge on any atom is -0.494 e. The summed E-state index contributed by atoms with van der Waals surface area (Å²) in [5.74, 6) is 1.01. The molecule has 0 radical (unpaired) electrons. The molecule has 0 aromatic heterocycles. The Bertz CT molecular complexity index is 375. The SMILES string of the molecule is CCCN(CCC)CC(NCC)c1ccccc1OCC. The summed E-state index contributed by atoms with van der Waals surface area (Å²) in [6, 6.07) is 8.75. The van der Waals surface area contributed by atoms with Gasteiger partial charge in [0.15, 0.2) is 0 Å². The van der Waals surface area contributed by atoms with Gasteiger partial charge in [-0.2, -0.15) is 0 Å². The predicted octanol–water partition coefficient (Wildman–Crippen LogP) is 3.86. The van der Waals surface area contributed by atoms with Crippen LogP contribution in [0.3, 0.4) is 0 Å². The third-order valence-electron chi connectivity index (χ3n) is 3.57. The molecule has 1 N–H and O–H groups in total. The molecule has 3 nitrogen and oxygen atoms in total. The monoisotopic (exact) mass is 292 g/mol. The number of hydrogen-bond donors (Lipinski definition) is 1. The van der Waals surface area contributed by atoms with Gasteiger partial charge >= 0.3 is 0 Å². The van der Waals surface area contributed by atoms with Crippen molar-refractivity contribution >= 4 is 0 Å². The van der Waals surface area contributed by atoms with Gasteiger partial charge in [0, 0.05) is 18.2 Å². The van der Waals surface area contributed by atoms with E-state index < -0.39 is 0 Å². The maximum atomic E-state index is 5.81. The predicted molar refractivity (Wildman–Crippen MR) is 91.1 cm³/mol. The third-order valence-corrected chi connectivity index (χ3v) is 3.57. The van der Waals surface area contributed by atoms with Crippen molar-refractivity contribution in [1.82, 2.24) is 10.2 Å². The summed E-state index contributed by atoms with van der Waals surface area (Å²) in [5, 5.41) is 3.62. The first kappa shape index (κ1) is 18.0. The van der Waals surface area contributed by atoms with Crippen molar-refractivity contribution < 1.29 is 4.74 Å². The van der Waals surface area contributed by atoms with Gasteiger partial charge in [0.2, 0.25) is 0 Å². The molecule has 21 heavy (non-hydrogen) atoms. The fourth-order valence-corrected chi connectivity index (χ4v) is 2.76. The molecule has 0 saturated carbocycles. The summed E-state index contributed by atoms with van der Waals surface area (Å²) in [4.78, 5) is 2.55. The van der Waals surface area contributed by atoms with Gasteiger partial charge in [-0.25, -0.2) is 0 Å². The molecule has 1 unspecified atom stereocenters. The Balaban J connectivity index is 2.89. The lowest BCUT2D eigenvalue weighted by Crippen LogP contribution is -2.36. The van der Waals surface area contributed by atoms with E-state index in [0.29, 0.717) is 12.6 Å². The second-order valence-corrected chi connectivity index (χ2v) is 5.38. The van der Waals surface area contributed by atoms with Crippen molar-refractivity contribution in [1.29, 1.82) is 0 Å². The van der Waals surface area contributed by atoms with E-state index in [9.17, 15) is 0 Å². The normalized spacial score (nSPS) is 12.6. The molecule has 120 valence electrons. The van der Waals surface area contributed by atoms with Crippen LogP contribution in [0.25, 0.3) is 0 Å². The molecule has 0 amide bonds. The van der Waals surface area contributed by atoms with Crippen LogP contribution in [0, 0.1) is 0 Å². The Labute approximate surface area is 130 Å². The maximum absolute atomic E-state index is 5.81. The zero-order chi connectivity index (χ0) is 15.5. The van der Waals surface area contributed by atoms with Crippen LogP contribution in [0.5, 0.6) is 5.75 Å². The zero-order valence-electron chi connectivity index (χ0n) is 14.2. The number of ether oxygens (including phenoxy) is 1. The summed E-state index contributed by atoms with van der Waals surface area (Å²) >= 11 is 0. The average molecular weight is 292 g/mol. The first-order valence-corrected chi connectivity index (χ1v) is 8.44. The Morgan fingerprint density at radius 1 is 1.05 bits per heavy atom. The van der Waals surface area contributed by atoms with Crippen LogP contribution in [0.1, 0.15) is 52.1 Å². The van der Waals surface area contributed by atoms with E-state index in [0.717, 1.165) is 31.9 Å². The lowest BCUT2D eigenvalue weighted by molar-refractivity contribution is 0.240. The highest BCUT2D eigenvalue weighted by Gasteiger charge is 2.18. The molecule has 1 aromatic carbocycles. The van der Waals surface area contributed by atoms with Gasteiger partial charge < -0.3 is 15.0 Å². The largest absolute Gasteiger partial charge is 0.494 e. The highest BCUT2D eigenvalue weighted by atomic mass is 16.5. The summed E-state index contributed by atoms with van der Waals surface area (Å²) in [6.45, 7) is 13.7. The van der Waals surface area contributed by atoms with Gasteiger partial charge in [0.25, 0.3) is 0 Å². The van der Waals surface area contributed by atoms with Gasteiger partial charge in [-0.05, 0) is 45.5 Å². The van der Waals surface area contributed by atoms with E-state index >= 15 is 0 Å². The lowest BCUT2D eigenvalue weighted by Gasteiger charge is -2.28. The minimum atomic E-state index is 0.329. The Morgan fingerprint density at radius 2 is 1.71 bits per heavy atom. The molecule has 3 heteroatoms. The number of benzene rings is 1. The van der Waals surface area contributed by atoms with Crippen molar-refractivity contribution in [2.75, 3.05) is 32.8 Å². The smallest absolute Gasteiger partial charge is 0.124 e. The van der Waals surface area contributed by atoms with E-state index in [2.05, 4.69) is 49.2 Å². The third kappa shape index (κ3) is 6.06. The molecule has 1 aromatic rings. The minimum absolute atomic E-state index is 0.329. The number of nitrogens with one attached hydrogen (secondary N) is 1. The van der Waals surface area contributed by atoms with Gasteiger partial charge in [0.1, 0.15) is 5.75 Å². The van der Waals surface area contributed by atoms with E-state index in [-0.39, 0.29) is 0 Å². The molecule has 0 spiro atoms. The van der Waals surface area contributed by atoms with Crippen molar-refractivity contribution in [2.45, 2.75) is 46.6 Å². The number of nitrogens with zero attached hydrogens (tertiary/aromatic N) is 1. The molecule has 0 fully saturated rings. The fourth-order valence-electron chi connectivity index (χ4n) is 2.76. The Hall–Kier alpha value is -1.06. The van der Waals surface area contributed by atoms with E-state index in [4.69, 9.17) is 4.74 Å². The van der Waals surface area contributed by atoms with Crippen molar-refractivity contribution in [3.63, 3.8) is 0 Å². The van der Waals surface area contributed by atoms with Crippen LogP contribution in [0.2, 0.25) is 0 Å². The zero-order valence-corrected chi connectivity index (χ0v) is 14.2. The summed E-state index contributed by atoms with van der Waals surface area (Å²) in [7, 11) is 0.